The molecule has 0 amide bonds. The molecule has 0 bridgehead atoms. The van der Waals surface area contributed by atoms with Gasteiger partial charge in [0.25, 0.3) is 5.88 Å². The molecule has 0 saturated heterocycles. The van der Waals surface area contributed by atoms with E-state index in [4.69, 9.17) is 13.9 Å². The van der Waals surface area contributed by atoms with Crippen LogP contribution in [0.25, 0.3) is 22.3 Å². The zero-order valence-electron chi connectivity index (χ0n) is 20.0. The molecular formula is C24H31N5O6. The molecule has 35 heavy (non-hydrogen) atoms. The summed E-state index contributed by atoms with van der Waals surface area (Å²) < 4.78 is 16.8. The van der Waals surface area contributed by atoms with Gasteiger partial charge in [0.1, 0.15) is 17.7 Å². The maximum atomic E-state index is 11.3. The van der Waals surface area contributed by atoms with Crippen LogP contribution in [0.4, 0.5) is 11.8 Å². The van der Waals surface area contributed by atoms with Crippen LogP contribution in [0.2, 0.25) is 0 Å². The Morgan fingerprint density at radius 3 is 2.60 bits per heavy atom. The van der Waals surface area contributed by atoms with Crippen LogP contribution in [0.15, 0.2) is 16.5 Å². The summed E-state index contributed by atoms with van der Waals surface area (Å²) in [6.07, 6.45) is 1.93. The van der Waals surface area contributed by atoms with E-state index in [1.165, 1.54) is 27.1 Å². The van der Waals surface area contributed by atoms with E-state index in [9.17, 15) is 15.3 Å². The summed E-state index contributed by atoms with van der Waals surface area (Å²) in [6, 6.07) is 3.54. The molecule has 3 aromatic heterocycles. The van der Waals surface area contributed by atoms with Gasteiger partial charge in [-0.15, -0.1) is 0 Å². The summed E-state index contributed by atoms with van der Waals surface area (Å²) in [4.78, 5) is 13.6. The molecule has 11 heteroatoms. The molecule has 2 aliphatic carbocycles. The molecule has 11 nitrogen and oxygen atoms in total. The second-order valence-electron chi connectivity index (χ2n) is 9.36. The Morgan fingerprint density at radius 2 is 1.94 bits per heavy atom. The maximum Gasteiger partial charge on any atom is 0.261 e. The lowest BCUT2D eigenvalue weighted by atomic mass is 10.0. The quantitative estimate of drug-likeness (QED) is 0.284. The van der Waals surface area contributed by atoms with Crippen molar-refractivity contribution in [2.45, 2.75) is 44.4 Å². The molecule has 3 heterocycles. The normalized spacial score (nSPS) is 24.1. The number of furan rings is 1. The Balaban J connectivity index is 1.59. The van der Waals surface area contributed by atoms with Crippen molar-refractivity contribution in [3.63, 3.8) is 0 Å². The molecule has 2 fully saturated rings. The van der Waals surface area contributed by atoms with Gasteiger partial charge in [0.15, 0.2) is 11.3 Å². The molecule has 188 valence electrons. The molecule has 2 aliphatic rings. The third-order valence-corrected chi connectivity index (χ3v) is 6.83. The Hall–Kier alpha value is -3.15. The Kier molecular flexibility index (Phi) is 6.16. The number of rotatable bonds is 9. The number of aromatic nitrogens is 3. The fraction of sp³-hybridized carbons (Fsp3) is 0.542. The molecule has 5 N–H and O–H groups in total. The van der Waals surface area contributed by atoms with Crippen molar-refractivity contribution in [3.8, 4) is 23.1 Å². The number of hydrogen-bond acceptors (Lipinski definition) is 11. The van der Waals surface area contributed by atoms with E-state index in [0.29, 0.717) is 58.0 Å². The van der Waals surface area contributed by atoms with Crippen LogP contribution < -0.4 is 20.1 Å². The standard InChI is InChI=1S/C24H31N5O6/c1-12-18(16-8-15-9-17(33-2)27-22(34-3)19(15)35-16)21(28-23(26-12)25-10-13-4-5-13)29-24(32)7-6-14(11-30)20(24)31/h8-9,13-14,20,30-32H,4-7,10-11H2,1-3H3,(H2,25,26,28,29). The summed E-state index contributed by atoms with van der Waals surface area (Å²) in [5.74, 6) is 2.02. The monoisotopic (exact) mass is 485 g/mol. The minimum Gasteiger partial charge on any atom is -0.481 e. The summed E-state index contributed by atoms with van der Waals surface area (Å²) >= 11 is 0. The number of aryl methyl sites for hydroxylation is 1. The summed E-state index contributed by atoms with van der Waals surface area (Å²) in [5.41, 5.74) is -0.0732. The van der Waals surface area contributed by atoms with Crippen LogP contribution in [0.5, 0.6) is 11.8 Å². The van der Waals surface area contributed by atoms with Gasteiger partial charge in [0.2, 0.25) is 11.8 Å². The number of pyridine rings is 1. The van der Waals surface area contributed by atoms with Crippen molar-refractivity contribution in [1.82, 2.24) is 15.0 Å². The van der Waals surface area contributed by atoms with Crippen LogP contribution in [-0.4, -0.2) is 69.5 Å². The number of aliphatic hydroxyl groups excluding tert-OH is 2. The van der Waals surface area contributed by atoms with Gasteiger partial charge in [-0.1, -0.05) is 0 Å². The Labute approximate surface area is 202 Å². The van der Waals surface area contributed by atoms with Gasteiger partial charge in [-0.05, 0) is 44.6 Å². The van der Waals surface area contributed by atoms with Crippen molar-refractivity contribution in [2.24, 2.45) is 11.8 Å². The van der Waals surface area contributed by atoms with Crippen molar-refractivity contribution >= 4 is 22.7 Å². The van der Waals surface area contributed by atoms with Gasteiger partial charge in [0, 0.05) is 30.5 Å². The SMILES string of the molecule is COc1cc2cc(-c3c(C)nc(NCC4CC4)nc3NC3(O)CCC(CO)C3O)oc2c(OC)n1. The summed E-state index contributed by atoms with van der Waals surface area (Å²) in [6.45, 7) is 2.39. The lowest BCUT2D eigenvalue weighted by Crippen LogP contribution is -2.48. The van der Waals surface area contributed by atoms with Crippen molar-refractivity contribution in [3.05, 3.63) is 17.8 Å². The first-order chi connectivity index (χ1) is 16.8. The average molecular weight is 486 g/mol. The van der Waals surface area contributed by atoms with Crippen LogP contribution in [0.1, 0.15) is 31.4 Å². The predicted octanol–water partition coefficient (Wildman–Crippen LogP) is 2.30. The van der Waals surface area contributed by atoms with E-state index in [1.807, 2.05) is 13.0 Å². The van der Waals surface area contributed by atoms with Crippen molar-refractivity contribution in [1.29, 1.82) is 0 Å². The molecule has 3 aromatic rings. The number of methoxy groups -OCH3 is 2. The Bertz CT molecular complexity index is 1230. The van der Waals surface area contributed by atoms with E-state index in [2.05, 4.69) is 25.6 Å². The molecule has 5 rings (SSSR count). The predicted molar refractivity (Wildman–Crippen MR) is 128 cm³/mol. The van der Waals surface area contributed by atoms with E-state index in [1.54, 1.807) is 6.07 Å². The highest BCUT2D eigenvalue weighted by molar-refractivity contribution is 5.89. The van der Waals surface area contributed by atoms with Crippen LogP contribution >= 0.6 is 0 Å². The van der Waals surface area contributed by atoms with Gasteiger partial charge in [0.05, 0.1) is 25.5 Å². The minimum atomic E-state index is -1.66. The van der Waals surface area contributed by atoms with Crippen molar-refractivity contribution < 1.29 is 29.2 Å². The molecule has 0 radical (unpaired) electrons. The smallest absolute Gasteiger partial charge is 0.261 e. The van der Waals surface area contributed by atoms with Gasteiger partial charge >= 0.3 is 0 Å². The molecule has 0 aromatic carbocycles. The second-order valence-corrected chi connectivity index (χ2v) is 9.36. The number of nitrogens with zero attached hydrogens (tertiary/aromatic N) is 3. The third-order valence-electron chi connectivity index (χ3n) is 6.83. The van der Waals surface area contributed by atoms with Gasteiger partial charge in [-0.25, -0.2) is 4.98 Å². The highest BCUT2D eigenvalue weighted by Gasteiger charge is 2.47. The number of ether oxygens (including phenoxy) is 2. The van der Waals surface area contributed by atoms with Crippen molar-refractivity contribution in [2.75, 3.05) is 38.0 Å². The zero-order valence-corrected chi connectivity index (χ0v) is 20.0. The van der Waals surface area contributed by atoms with Crippen LogP contribution in [0, 0.1) is 18.8 Å². The average Bonchev–Trinajstić information content (AvgIpc) is 3.51. The highest BCUT2D eigenvalue weighted by atomic mass is 16.5. The van der Waals surface area contributed by atoms with Gasteiger partial charge in [-0.2, -0.15) is 9.97 Å². The molecule has 3 unspecified atom stereocenters. The van der Waals surface area contributed by atoms with Gasteiger partial charge < -0.3 is 39.8 Å². The number of anilines is 2. The fourth-order valence-electron chi connectivity index (χ4n) is 4.59. The first-order valence-corrected chi connectivity index (χ1v) is 11.8. The van der Waals surface area contributed by atoms with Gasteiger partial charge in [-0.3, -0.25) is 0 Å². The maximum absolute atomic E-state index is 11.3. The molecule has 0 aliphatic heterocycles. The first kappa shape index (κ1) is 23.6. The van der Waals surface area contributed by atoms with E-state index in [-0.39, 0.29) is 18.9 Å². The molecule has 0 spiro atoms. The highest BCUT2D eigenvalue weighted by Crippen LogP contribution is 2.41. The summed E-state index contributed by atoms with van der Waals surface area (Å²) in [5, 5.41) is 38.6. The second kappa shape index (κ2) is 9.14. The first-order valence-electron chi connectivity index (χ1n) is 11.8. The van der Waals surface area contributed by atoms with E-state index >= 15 is 0 Å². The largest absolute Gasteiger partial charge is 0.481 e. The number of hydrogen-bond donors (Lipinski definition) is 5. The lowest BCUT2D eigenvalue weighted by molar-refractivity contribution is -0.0545. The molecule has 3 atom stereocenters. The van der Waals surface area contributed by atoms with E-state index < -0.39 is 17.7 Å². The van der Waals surface area contributed by atoms with Crippen LogP contribution in [-0.2, 0) is 0 Å². The lowest BCUT2D eigenvalue weighted by Gasteiger charge is -2.31. The molecule has 2 saturated carbocycles. The number of fused-ring (bicyclic) bond motifs is 1. The Morgan fingerprint density at radius 1 is 1.14 bits per heavy atom. The van der Waals surface area contributed by atoms with E-state index in [0.717, 1.165) is 6.54 Å². The summed E-state index contributed by atoms with van der Waals surface area (Å²) in [7, 11) is 3.02. The molecular weight excluding hydrogens is 454 g/mol. The third kappa shape index (κ3) is 4.46. The number of nitrogens with one attached hydrogen (secondary N) is 2. The minimum absolute atomic E-state index is 0.215. The zero-order chi connectivity index (χ0) is 24.7. The van der Waals surface area contributed by atoms with Crippen LogP contribution in [0.3, 0.4) is 0 Å². The fourth-order valence-corrected chi connectivity index (χ4v) is 4.59. The topological polar surface area (TPSA) is 155 Å². The number of aliphatic hydroxyl groups is 3.